The van der Waals surface area contributed by atoms with Gasteiger partial charge in [-0.1, -0.05) is 48.8 Å². The third kappa shape index (κ3) is 1.40. The van der Waals surface area contributed by atoms with E-state index in [1.54, 1.807) is 20.7 Å². The van der Waals surface area contributed by atoms with Crippen LogP contribution in [-0.4, -0.2) is 0 Å². The van der Waals surface area contributed by atoms with Crippen LogP contribution in [0.25, 0.3) is 10.1 Å². The number of benzene rings is 1. The van der Waals surface area contributed by atoms with Crippen molar-refractivity contribution in [3.8, 4) is 0 Å². The Labute approximate surface area is 85.0 Å². The molecule has 4 heteroatoms. The van der Waals surface area contributed by atoms with E-state index < -0.39 is 0 Å². The number of rotatable bonds is 0. The molecule has 0 unspecified atom stereocenters. The van der Waals surface area contributed by atoms with Crippen LogP contribution in [-0.2, 0) is 0 Å². The van der Waals surface area contributed by atoms with Crippen LogP contribution >= 0.6 is 48.8 Å². The Balaban J connectivity index is 2.99. The summed E-state index contributed by atoms with van der Waals surface area (Å²) < 4.78 is 3.37. The smallest absolute Gasteiger partial charge is 0.0785 e. The summed E-state index contributed by atoms with van der Waals surface area (Å²) in [6.45, 7) is 0. The molecule has 2 rings (SSSR count). The SMILES string of the molecule is S=c1ssc2ccc(Br)cc12. The molecule has 0 spiro atoms. The molecular weight excluding hydrogens is 260 g/mol. The fourth-order valence-corrected chi connectivity index (χ4v) is 3.83. The van der Waals surface area contributed by atoms with E-state index in [4.69, 9.17) is 12.2 Å². The predicted molar refractivity (Wildman–Crippen MR) is 58.2 cm³/mol. The molecule has 1 aromatic heterocycles. The minimum atomic E-state index is 0.992. The average molecular weight is 263 g/mol. The van der Waals surface area contributed by atoms with Gasteiger partial charge in [0, 0.05) is 14.6 Å². The van der Waals surface area contributed by atoms with Gasteiger partial charge in [0.1, 0.15) is 3.82 Å². The Hall–Kier alpha value is 0.230. The Kier molecular flexibility index (Phi) is 2.10. The summed E-state index contributed by atoms with van der Waals surface area (Å²) in [7, 11) is 3.40. The van der Waals surface area contributed by atoms with Crippen molar-refractivity contribution in [2.45, 2.75) is 0 Å². The number of hydrogen-bond acceptors (Lipinski definition) is 3. The highest BCUT2D eigenvalue weighted by Crippen LogP contribution is 2.29. The van der Waals surface area contributed by atoms with Gasteiger partial charge in [-0.2, -0.15) is 0 Å². The fraction of sp³-hybridized carbons (Fsp3) is 0. The molecule has 0 atom stereocenters. The lowest BCUT2D eigenvalue weighted by Crippen LogP contribution is -1.63. The van der Waals surface area contributed by atoms with E-state index in [0.29, 0.717) is 0 Å². The summed E-state index contributed by atoms with van der Waals surface area (Å²) in [5.74, 6) is 0. The van der Waals surface area contributed by atoms with Crippen molar-refractivity contribution >= 4 is 58.9 Å². The van der Waals surface area contributed by atoms with Gasteiger partial charge in [-0.05, 0) is 18.2 Å². The maximum atomic E-state index is 5.15. The Bertz CT molecular complexity index is 440. The van der Waals surface area contributed by atoms with E-state index in [-0.39, 0.29) is 0 Å². The van der Waals surface area contributed by atoms with Gasteiger partial charge in [0.05, 0.1) is 0 Å². The Morgan fingerprint density at radius 3 is 2.91 bits per heavy atom. The van der Waals surface area contributed by atoms with Crippen LogP contribution in [0.3, 0.4) is 0 Å². The van der Waals surface area contributed by atoms with Crippen molar-refractivity contribution < 1.29 is 0 Å². The Morgan fingerprint density at radius 1 is 1.27 bits per heavy atom. The number of halogens is 1. The zero-order valence-electron chi connectivity index (χ0n) is 5.33. The van der Waals surface area contributed by atoms with Gasteiger partial charge in [0.25, 0.3) is 0 Å². The summed E-state index contributed by atoms with van der Waals surface area (Å²) >= 11 is 8.57. The van der Waals surface area contributed by atoms with Gasteiger partial charge >= 0.3 is 0 Å². The van der Waals surface area contributed by atoms with E-state index in [2.05, 4.69) is 28.1 Å². The molecule has 56 valence electrons. The van der Waals surface area contributed by atoms with Gasteiger partial charge in [-0.15, -0.1) is 0 Å². The summed E-state index contributed by atoms with van der Waals surface area (Å²) in [6.07, 6.45) is 0. The minimum Gasteiger partial charge on any atom is -0.0785 e. The van der Waals surface area contributed by atoms with E-state index >= 15 is 0 Å². The summed E-state index contributed by atoms with van der Waals surface area (Å²) in [5.41, 5.74) is 0. The van der Waals surface area contributed by atoms with E-state index in [0.717, 1.165) is 8.30 Å². The molecule has 0 radical (unpaired) electrons. The second kappa shape index (κ2) is 2.94. The first-order valence-electron chi connectivity index (χ1n) is 2.96. The van der Waals surface area contributed by atoms with Crippen molar-refractivity contribution in [3.63, 3.8) is 0 Å². The molecule has 2 aromatic rings. The van der Waals surface area contributed by atoms with Crippen LogP contribution in [0.4, 0.5) is 0 Å². The summed E-state index contributed by atoms with van der Waals surface area (Å²) in [5, 5.41) is 1.20. The van der Waals surface area contributed by atoms with E-state index in [1.165, 1.54) is 10.1 Å². The fourth-order valence-electron chi connectivity index (χ4n) is 0.862. The third-order valence-corrected chi connectivity index (χ3v) is 4.93. The first-order chi connectivity index (χ1) is 5.27. The molecule has 0 aliphatic rings. The van der Waals surface area contributed by atoms with Crippen LogP contribution in [0.5, 0.6) is 0 Å². The quantitative estimate of drug-likeness (QED) is 0.499. The minimum absolute atomic E-state index is 0.992. The van der Waals surface area contributed by atoms with Crippen LogP contribution in [0.1, 0.15) is 0 Å². The molecule has 0 amide bonds. The second-order valence-corrected chi connectivity index (χ2v) is 5.86. The van der Waals surface area contributed by atoms with Gasteiger partial charge < -0.3 is 0 Å². The van der Waals surface area contributed by atoms with E-state index in [1.807, 2.05) is 6.07 Å². The average Bonchev–Trinajstić information content (AvgIpc) is 2.33. The van der Waals surface area contributed by atoms with Crippen molar-refractivity contribution in [1.29, 1.82) is 0 Å². The molecular formula is C7H3BrS3. The predicted octanol–water partition coefficient (Wildman–Crippen LogP) is 4.45. The Morgan fingerprint density at radius 2 is 2.09 bits per heavy atom. The second-order valence-electron chi connectivity index (χ2n) is 2.09. The molecule has 1 aromatic carbocycles. The van der Waals surface area contributed by atoms with Crippen molar-refractivity contribution in [1.82, 2.24) is 0 Å². The van der Waals surface area contributed by atoms with E-state index in [9.17, 15) is 0 Å². The van der Waals surface area contributed by atoms with Crippen LogP contribution in [0, 0.1) is 3.82 Å². The first-order valence-corrected chi connectivity index (χ1v) is 6.31. The first kappa shape index (κ1) is 7.86. The molecule has 0 nitrogen and oxygen atoms in total. The topological polar surface area (TPSA) is 0 Å². The van der Waals surface area contributed by atoms with Crippen LogP contribution in [0.2, 0.25) is 0 Å². The molecule has 0 saturated heterocycles. The molecule has 0 saturated carbocycles. The van der Waals surface area contributed by atoms with Gasteiger partial charge in [-0.25, -0.2) is 0 Å². The highest BCUT2D eigenvalue weighted by molar-refractivity contribution is 9.10. The lowest BCUT2D eigenvalue weighted by atomic mass is 10.3. The zero-order valence-corrected chi connectivity index (χ0v) is 9.37. The third-order valence-electron chi connectivity index (χ3n) is 1.37. The molecule has 0 N–H and O–H groups in total. The van der Waals surface area contributed by atoms with Crippen LogP contribution in [0.15, 0.2) is 22.7 Å². The molecule has 0 fully saturated rings. The van der Waals surface area contributed by atoms with Crippen LogP contribution < -0.4 is 0 Å². The van der Waals surface area contributed by atoms with Crippen molar-refractivity contribution in [3.05, 3.63) is 26.5 Å². The monoisotopic (exact) mass is 262 g/mol. The lowest BCUT2D eigenvalue weighted by Gasteiger charge is -1.87. The highest BCUT2D eigenvalue weighted by atomic mass is 79.9. The molecule has 0 aliphatic heterocycles. The molecule has 11 heavy (non-hydrogen) atoms. The largest absolute Gasteiger partial charge is 0.109 e. The summed E-state index contributed by atoms with van der Waals surface area (Å²) in [4.78, 5) is 0. The number of fused-ring (bicyclic) bond motifs is 1. The lowest BCUT2D eigenvalue weighted by molar-refractivity contribution is 1.77. The van der Waals surface area contributed by atoms with Crippen molar-refractivity contribution in [2.75, 3.05) is 0 Å². The van der Waals surface area contributed by atoms with Gasteiger partial charge in [0.2, 0.25) is 0 Å². The standard InChI is InChI=1S/C7H3BrS3/c8-4-1-2-6-5(3-4)7(9)11-10-6/h1-3H. The normalized spacial score (nSPS) is 10.6. The zero-order chi connectivity index (χ0) is 7.84. The van der Waals surface area contributed by atoms with Gasteiger partial charge in [0.15, 0.2) is 0 Å². The van der Waals surface area contributed by atoms with Crippen molar-refractivity contribution in [2.24, 2.45) is 0 Å². The maximum Gasteiger partial charge on any atom is 0.109 e. The number of hydrogen-bond donors (Lipinski definition) is 0. The molecule has 0 aliphatic carbocycles. The summed E-state index contributed by atoms with van der Waals surface area (Å²) in [6, 6.07) is 6.21. The van der Waals surface area contributed by atoms with Gasteiger partial charge in [-0.3, -0.25) is 0 Å². The molecule has 1 heterocycles. The maximum absolute atomic E-state index is 5.15. The molecule has 0 bridgehead atoms. The highest BCUT2D eigenvalue weighted by Gasteiger charge is 1.97.